The zero-order valence-electron chi connectivity index (χ0n) is 10.6. The van der Waals surface area contributed by atoms with Crippen LogP contribution in [0.5, 0.6) is 0 Å². The maximum atomic E-state index is 10.4. The van der Waals surface area contributed by atoms with Crippen molar-refractivity contribution in [3.8, 4) is 0 Å². The molecule has 6 nitrogen and oxygen atoms in total. The Bertz CT molecular complexity index is 356. The highest BCUT2D eigenvalue weighted by Gasteiger charge is 2.32. The van der Waals surface area contributed by atoms with Crippen LogP contribution in [0.3, 0.4) is 0 Å². The van der Waals surface area contributed by atoms with Gasteiger partial charge < -0.3 is 10.4 Å². The van der Waals surface area contributed by atoms with E-state index in [4.69, 9.17) is 0 Å². The summed E-state index contributed by atoms with van der Waals surface area (Å²) in [5, 5.41) is 24.7. The smallest absolute Gasteiger partial charge is 0.242 e. The number of nitrogens with one attached hydrogen (secondary N) is 1. The van der Waals surface area contributed by atoms with Gasteiger partial charge in [-0.05, 0) is 42.0 Å². The lowest BCUT2D eigenvalue weighted by Crippen LogP contribution is -2.41. The Kier molecular flexibility index (Phi) is 3.61. The molecule has 1 aromatic heterocycles. The molecule has 1 aliphatic carbocycles. The molecule has 0 amide bonds. The third kappa shape index (κ3) is 2.94. The molecule has 0 aromatic carbocycles. The van der Waals surface area contributed by atoms with Crippen molar-refractivity contribution >= 4 is 5.95 Å². The van der Waals surface area contributed by atoms with Gasteiger partial charge in [0.2, 0.25) is 5.95 Å². The molecular weight excluding hydrogens is 218 g/mol. The largest absolute Gasteiger partial charge is 0.388 e. The molecule has 2 rings (SSSR count). The SMILES string of the molecule is CCC1CCC(O)(CNc2nnnn2C)CC1. The fourth-order valence-electron chi connectivity index (χ4n) is 2.42. The first-order valence-electron chi connectivity index (χ1n) is 6.31. The summed E-state index contributed by atoms with van der Waals surface area (Å²) in [5.74, 6) is 1.39. The highest BCUT2D eigenvalue weighted by molar-refractivity contribution is 5.22. The summed E-state index contributed by atoms with van der Waals surface area (Å²) in [6.07, 6.45) is 5.18. The molecule has 0 aliphatic heterocycles. The number of aromatic nitrogens is 4. The first-order chi connectivity index (χ1) is 8.13. The molecule has 0 spiro atoms. The number of rotatable bonds is 4. The summed E-state index contributed by atoms with van der Waals surface area (Å²) >= 11 is 0. The number of tetrazole rings is 1. The minimum Gasteiger partial charge on any atom is -0.388 e. The third-order valence-corrected chi connectivity index (χ3v) is 3.81. The normalized spacial score (nSPS) is 29.2. The lowest BCUT2D eigenvalue weighted by molar-refractivity contribution is 0.00211. The molecule has 0 saturated heterocycles. The van der Waals surface area contributed by atoms with E-state index in [-0.39, 0.29) is 0 Å². The molecule has 17 heavy (non-hydrogen) atoms. The first-order valence-corrected chi connectivity index (χ1v) is 6.31. The fraction of sp³-hybridized carbons (Fsp3) is 0.909. The fourth-order valence-corrected chi connectivity index (χ4v) is 2.42. The maximum absolute atomic E-state index is 10.4. The Morgan fingerprint density at radius 3 is 2.71 bits per heavy atom. The molecule has 96 valence electrons. The molecule has 0 atom stereocenters. The third-order valence-electron chi connectivity index (χ3n) is 3.81. The zero-order chi connectivity index (χ0) is 12.3. The van der Waals surface area contributed by atoms with Gasteiger partial charge in [-0.1, -0.05) is 18.4 Å². The van der Waals surface area contributed by atoms with Crippen molar-refractivity contribution in [2.24, 2.45) is 13.0 Å². The van der Waals surface area contributed by atoms with Gasteiger partial charge in [-0.2, -0.15) is 0 Å². The number of hydrogen-bond acceptors (Lipinski definition) is 5. The van der Waals surface area contributed by atoms with Crippen LogP contribution in [0.15, 0.2) is 0 Å². The van der Waals surface area contributed by atoms with E-state index in [1.807, 2.05) is 0 Å². The van der Waals surface area contributed by atoms with Gasteiger partial charge in [0, 0.05) is 13.6 Å². The van der Waals surface area contributed by atoms with Gasteiger partial charge in [0.25, 0.3) is 0 Å². The Morgan fingerprint density at radius 1 is 1.47 bits per heavy atom. The van der Waals surface area contributed by atoms with Crippen molar-refractivity contribution < 1.29 is 5.11 Å². The van der Waals surface area contributed by atoms with E-state index in [1.165, 1.54) is 6.42 Å². The summed E-state index contributed by atoms with van der Waals surface area (Å²) in [7, 11) is 1.78. The topological polar surface area (TPSA) is 75.9 Å². The van der Waals surface area contributed by atoms with Crippen LogP contribution < -0.4 is 5.32 Å². The number of anilines is 1. The Balaban J connectivity index is 1.85. The summed E-state index contributed by atoms with van der Waals surface area (Å²) in [6, 6.07) is 0. The van der Waals surface area contributed by atoms with Crippen molar-refractivity contribution in [1.29, 1.82) is 0 Å². The average Bonchev–Trinajstić information content (AvgIpc) is 2.74. The molecule has 1 heterocycles. The molecule has 0 unspecified atom stereocenters. The minimum absolute atomic E-state index is 0.525. The molecule has 1 aliphatic rings. The predicted molar refractivity (Wildman–Crippen MR) is 64.5 cm³/mol. The second kappa shape index (κ2) is 5.00. The highest BCUT2D eigenvalue weighted by atomic mass is 16.3. The summed E-state index contributed by atoms with van der Waals surface area (Å²) in [6.45, 7) is 2.75. The van der Waals surface area contributed by atoms with E-state index in [0.29, 0.717) is 12.5 Å². The molecule has 0 bridgehead atoms. The van der Waals surface area contributed by atoms with Gasteiger partial charge in [-0.3, -0.25) is 0 Å². The summed E-state index contributed by atoms with van der Waals surface area (Å²) < 4.78 is 1.57. The molecule has 1 aromatic rings. The van der Waals surface area contributed by atoms with Crippen LogP contribution in [0.2, 0.25) is 0 Å². The van der Waals surface area contributed by atoms with Crippen LogP contribution in [-0.4, -0.2) is 37.5 Å². The van der Waals surface area contributed by atoms with Crippen LogP contribution in [0.25, 0.3) is 0 Å². The standard InChI is InChI=1S/C11H21N5O/c1-3-9-4-6-11(17,7-5-9)8-12-10-13-14-15-16(10)2/h9,17H,3-8H2,1-2H3,(H,12,13,15). The van der Waals surface area contributed by atoms with E-state index >= 15 is 0 Å². The van der Waals surface area contributed by atoms with Crippen molar-refractivity contribution in [3.63, 3.8) is 0 Å². The monoisotopic (exact) mass is 239 g/mol. The van der Waals surface area contributed by atoms with E-state index in [0.717, 1.165) is 31.6 Å². The van der Waals surface area contributed by atoms with Gasteiger partial charge in [0.05, 0.1) is 5.60 Å². The predicted octanol–water partition coefficient (Wildman–Crippen LogP) is 0.953. The molecule has 1 fully saturated rings. The lowest BCUT2D eigenvalue weighted by atomic mass is 9.78. The number of hydrogen-bond donors (Lipinski definition) is 2. The highest BCUT2D eigenvalue weighted by Crippen LogP contribution is 2.33. The first kappa shape index (κ1) is 12.3. The van der Waals surface area contributed by atoms with Gasteiger partial charge in [0.15, 0.2) is 0 Å². The molecule has 1 saturated carbocycles. The molecule has 2 N–H and O–H groups in total. The van der Waals surface area contributed by atoms with Gasteiger partial charge in [-0.15, -0.1) is 0 Å². The minimum atomic E-state index is -0.600. The maximum Gasteiger partial charge on any atom is 0.242 e. The van der Waals surface area contributed by atoms with E-state index in [9.17, 15) is 5.11 Å². The number of aliphatic hydroxyl groups is 1. The van der Waals surface area contributed by atoms with Gasteiger partial charge in [0.1, 0.15) is 0 Å². The second-order valence-electron chi connectivity index (χ2n) is 5.06. The van der Waals surface area contributed by atoms with Gasteiger partial charge in [-0.25, -0.2) is 4.68 Å². The van der Waals surface area contributed by atoms with Crippen LogP contribution >= 0.6 is 0 Å². The molecule has 0 radical (unpaired) electrons. The van der Waals surface area contributed by atoms with Crippen LogP contribution in [0, 0.1) is 5.92 Å². The van der Waals surface area contributed by atoms with Crippen LogP contribution in [0.4, 0.5) is 5.95 Å². The average molecular weight is 239 g/mol. The lowest BCUT2D eigenvalue weighted by Gasteiger charge is -2.35. The Labute approximate surface area is 101 Å². The summed E-state index contributed by atoms with van der Waals surface area (Å²) in [5.41, 5.74) is -0.600. The quantitative estimate of drug-likeness (QED) is 0.818. The van der Waals surface area contributed by atoms with Crippen LogP contribution in [0.1, 0.15) is 39.0 Å². The van der Waals surface area contributed by atoms with Crippen molar-refractivity contribution in [2.45, 2.75) is 44.6 Å². The van der Waals surface area contributed by atoms with Gasteiger partial charge >= 0.3 is 0 Å². The zero-order valence-corrected chi connectivity index (χ0v) is 10.6. The van der Waals surface area contributed by atoms with E-state index in [1.54, 1.807) is 11.7 Å². The molecule has 6 heteroatoms. The molecular formula is C11H21N5O. The van der Waals surface area contributed by atoms with Crippen molar-refractivity contribution in [1.82, 2.24) is 20.2 Å². The van der Waals surface area contributed by atoms with Crippen molar-refractivity contribution in [2.75, 3.05) is 11.9 Å². The van der Waals surface area contributed by atoms with E-state index < -0.39 is 5.60 Å². The Hall–Kier alpha value is -1.17. The van der Waals surface area contributed by atoms with E-state index in [2.05, 4.69) is 27.8 Å². The van der Waals surface area contributed by atoms with Crippen LogP contribution in [-0.2, 0) is 7.05 Å². The number of nitrogens with zero attached hydrogens (tertiary/aromatic N) is 4. The van der Waals surface area contributed by atoms with Crippen molar-refractivity contribution in [3.05, 3.63) is 0 Å². The summed E-state index contributed by atoms with van der Waals surface area (Å²) in [4.78, 5) is 0. The number of aryl methyl sites for hydroxylation is 1. The Morgan fingerprint density at radius 2 is 2.18 bits per heavy atom. The second-order valence-corrected chi connectivity index (χ2v) is 5.06.